The maximum Gasteiger partial charge on any atom is 0.00729 e. The number of benzene rings is 2. The molecule has 0 unspecified atom stereocenters. The molecule has 0 fully saturated rings. The molecule has 0 saturated carbocycles. The van der Waals surface area contributed by atoms with E-state index in [2.05, 4.69) is 76.7 Å². The quantitative estimate of drug-likeness (QED) is 0.622. The van der Waals surface area contributed by atoms with Gasteiger partial charge in [0.25, 0.3) is 0 Å². The van der Waals surface area contributed by atoms with E-state index in [-0.39, 0.29) is 5.41 Å². The van der Waals surface area contributed by atoms with Crippen molar-refractivity contribution in [3.05, 3.63) is 71.8 Å². The van der Waals surface area contributed by atoms with Crippen LogP contribution in [0.15, 0.2) is 55.1 Å². The minimum Gasteiger partial charge on any atom is -0.102 e. The van der Waals surface area contributed by atoms with Crippen molar-refractivity contribution in [1.29, 1.82) is 0 Å². The lowest BCUT2D eigenvalue weighted by molar-refractivity contribution is 0.672. The van der Waals surface area contributed by atoms with Gasteiger partial charge in [0.1, 0.15) is 0 Å². The average molecular weight is 264 g/mol. The topological polar surface area (TPSA) is 0 Å². The fourth-order valence-corrected chi connectivity index (χ4v) is 2.47. The van der Waals surface area contributed by atoms with E-state index in [1.807, 2.05) is 6.08 Å². The molecule has 0 aliphatic carbocycles. The van der Waals surface area contributed by atoms with Crippen molar-refractivity contribution in [3.8, 4) is 11.1 Å². The first-order valence-corrected chi connectivity index (χ1v) is 7.32. The maximum atomic E-state index is 3.96. The highest BCUT2D eigenvalue weighted by molar-refractivity contribution is 5.69. The van der Waals surface area contributed by atoms with Crippen LogP contribution in [0.5, 0.6) is 0 Å². The standard InChI is InChI=1S/C20H24/c1-6-16-12-11-15(3)13-19(16)17-9-8-10-18(14-17)20(4,5)7-2/h7-14H,2,6H2,1,3-5H3. The molecule has 0 heterocycles. The minimum absolute atomic E-state index is 0.00616. The molecule has 2 rings (SSSR count). The Morgan fingerprint density at radius 2 is 1.85 bits per heavy atom. The van der Waals surface area contributed by atoms with Crippen LogP contribution in [0.25, 0.3) is 11.1 Å². The maximum absolute atomic E-state index is 3.96. The zero-order valence-electron chi connectivity index (χ0n) is 13.0. The summed E-state index contributed by atoms with van der Waals surface area (Å²) in [5.41, 5.74) is 6.70. The van der Waals surface area contributed by atoms with Gasteiger partial charge < -0.3 is 0 Å². The van der Waals surface area contributed by atoms with Crippen LogP contribution in [0.2, 0.25) is 0 Å². The summed E-state index contributed by atoms with van der Waals surface area (Å²) in [5, 5.41) is 0. The van der Waals surface area contributed by atoms with Crippen molar-refractivity contribution in [2.45, 2.75) is 39.5 Å². The normalized spacial score (nSPS) is 11.4. The molecule has 2 aromatic rings. The van der Waals surface area contributed by atoms with Gasteiger partial charge >= 0.3 is 0 Å². The van der Waals surface area contributed by atoms with Crippen molar-refractivity contribution in [2.75, 3.05) is 0 Å². The van der Waals surface area contributed by atoms with E-state index in [4.69, 9.17) is 0 Å². The number of hydrogen-bond donors (Lipinski definition) is 0. The SMILES string of the molecule is C=CC(C)(C)c1cccc(-c2cc(C)ccc2CC)c1. The molecule has 0 nitrogen and oxygen atoms in total. The summed E-state index contributed by atoms with van der Waals surface area (Å²) in [4.78, 5) is 0. The van der Waals surface area contributed by atoms with Crippen LogP contribution in [0.4, 0.5) is 0 Å². The lowest BCUT2D eigenvalue weighted by Gasteiger charge is -2.21. The van der Waals surface area contributed by atoms with Gasteiger partial charge in [0.15, 0.2) is 0 Å². The van der Waals surface area contributed by atoms with Crippen molar-refractivity contribution in [1.82, 2.24) is 0 Å². The summed E-state index contributed by atoms with van der Waals surface area (Å²) >= 11 is 0. The van der Waals surface area contributed by atoms with Crippen LogP contribution < -0.4 is 0 Å². The molecule has 0 heteroatoms. The van der Waals surface area contributed by atoms with Gasteiger partial charge in [-0.1, -0.05) is 74.9 Å². The van der Waals surface area contributed by atoms with Gasteiger partial charge in [-0.3, -0.25) is 0 Å². The number of allylic oxidation sites excluding steroid dienone is 1. The van der Waals surface area contributed by atoms with Crippen LogP contribution in [-0.4, -0.2) is 0 Å². The lowest BCUT2D eigenvalue weighted by atomic mass is 9.83. The Kier molecular flexibility index (Phi) is 4.13. The first-order chi connectivity index (χ1) is 9.47. The van der Waals surface area contributed by atoms with E-state index < -0.39 is 0 Å². The van der Waals surface area contributed by atoms with Gasteiger partial charge in [0, 0.05) is 5.41 Å². The van der Waals surface area contributed by atoms with Gasteiger partial charge in [-0.25, -0.2) is 0 Å². The van der Waals surface area contributed by atoms with Crippen LogP contribution in [-0.2, 0) is 11.8 Å². The Morgan fingerprint density at radius 1 is 1.10 bits per heavy atom. The summed E-state index contributed by atoms with van der Waals surface area (Å²) in [5.74, 6) is 0. The third kappa shape index (κ3) is 2.85. The Morgan fingerprint density at radius 3 is 2.50 bits per heavy atom. The molecule has 0 aliphatic rings. The number of aryl methyl sites for hydroxylation is 2. The molecule has 0 bridgehead atoms. The van der Waals surface area contributed by atoms with Crippen LogP contribution in [0.3, 0.4) is 0 Å². The van der Waals surface area contributed by atoms with Crippen LogP contribution in [0.1, 0.15) is 37.5 Å². The van der Waals surface area contributed by atoms with Crippen molar-refractivity contribution < 1.29 is 0 Å². The van der Waals surface area contributed by atoms with Gasteiger partial charge in [0.2, 0.25) is 0 Å². The van der Waals surface area contributed by atoms with Crippen LogP contribution >= 0.6 is 0 Å². The molecule has 0 saturated heterocycles. The fraction of sp³-hybridized carbons (Fsp3) is 0.300. The Labute approximate surface area is 123 Å². The third-order valence-corrected chi connectivity index (χ3v) is 4.07. The second-order valence-corrected chi connectivity index (χ2v) is 6.02. The molecule has 104 valence electrons. The van der Waals surface area contributed by atoms with Gasteiger partial charge in [-0.05, 0) is 35.6 Å². The third-order valence-electron chi connectivity index (χ3n) is 4.07. The second-order valence-electron chi connectivity index (χ2n) is 6.02. The first-order valence-electron chi connectivity index (χ1n) is 7.32. The molecular formula is C20H24. The van der Waals surface area contributed by atoms with E-state index in [1.165, 1.54) is 27.8 Å². The Bertz CT molecular complexity index is 618. The predicted octanol–water partition coefficient (Wildman–Crippen LogP) is 5.69. The first kappa shape index (κ1) is 14.6. The zero-order chi connectivity index (χ0) is 14.8. The molecule has 2 aromatic carbocycles. The molecule has 0 aromatic heterocycles. The molecular weight excluding hydrogens is 240 g/mol. The molecule has 0 amide bonds. The fourth-order valence-electron chi connectivity index (χ4n) is 2.47. The van der Waals surface area contributed by atoms with E-state index in [9.17, 15) is 0 Å². The highest BCUT2D eigenvalue weighted by Gasteiger charge is 2.16. The van der Waals surface area contributed by atoms with Crippen LogP contribution in [0, 0.1) is 6.92 Å². The molecule has 20 heavy (non-hydrogen) atoms. The molecule has 0 atom stereocenters. The van der Waals surface area contributed by atoms with Gasteiger partial charge in [0.05, 0.1) is 0 Å². The van der Waals surface area contributed by atoms with E-state index >= 15 is 0 Å². The summed E-state index contributed by atoms with van der Waals surface area (Å²) < 4.78 is 0. The summed E-state index contributed by atoms with van der Waals surface area (Å²) in [6.45, 7) is 12.7. The Hall–Kier alpha value is -1.82. The van der Waals surface area contributed by atoms with Crippen molar-refractivity contribution in [2.24, 2.45) is 0 Å². The summed E-state index contributed by atoms with van der Waals surface area (Å²) in [7, 11) is 0. The molecule has 0 radical (unpaired) electrons. The molecule has 0 N–H and O–H groups in total. The zero-order valence-corrected chi connectivity index (χ0v) is 13.0. The van der Waals surface area contributed by atoms with E-state index in [0.29, 0.717) is 0 Å². The smallest absolute Gasteiger partial charge is 0.00729 e. The highest BCUT2D eigenvalue weighted by atomic mass is 14.2. The highest BCUT2D eigenvalue weighted by Crippen LogP contribution is 2.31. The Balaban J connectivity index is 2.57. The monoisotopic (exact) mass is 264 g/mol. The molecule has 0 aliphatic heterocycles. The van der Waals surface area contributed by atoms with E-state index in [0.717, 1.165) is 6.42 Å². The second kappa shape index (κ2) is 5.66. The molecule has 0 spiro atoms. The summed E-state index contributed by atoms with van der Waals surface area (Å²) in [6, 6.07) is 15.6. The van der Waals surface area contributed by atoms with Crippen molar-refractivity contribution in [3.63, 3.8) is 0 Å². The van der Waals surface area contributed by atoms with Gasteiger partial charge in [-0.15, -0.1) is 6.58 Å². The number of hydrogen-bond acceptors (Lipinski definition) is 0. The predicted molar refractivity (Wildman–Crippen MR) is 89.2 cm³/mol. The summed E-state index contributed by atoms with van der Waals surface area (Å²) in [6.07, 6.45) is 3.08. The number of rotatable bonds is 4. The van der Waals surface area contributed by atoms with Gasteiger partial charge in [-0.2, -0.15) is 0 Å². The van der Waals surface area contributed by atoms with E-state index in [1.54, 1.807) is 0 Å². The van der Waals surface area contributed by atoms with Crippen molar-refractivity contribution >= 4 is 0 Å². The largest absolute Gasteiger partial charge is 0.102 e. The minimum atomic E-state index is 0.00616. The lowest BCUT2D eigenvalue weighted by Crippen LogP contribution is -2.12. The average Bonchev–Trinajstić information content (AvgIpc) is 2.47.